The lowest BCUT2D eigenvalue weighted by atomic mass is 10.1. The minimum absolute atomic E-state index is 0.0425. The third-order valence-corrected chi connectivity index (χ3v) is 4.51. The molecule has 1 N–H and O–H groups in total. The molecule has 1 aliphatic heterocycles. The Morgan fingerprint density at radius 1 is 1.33 bits per heavy atom. The van der Waals surface area contributed by atoms with E-state index in [1.165, 1.54) is 0 Å². The molecule has 2 unspecified atom stereocenters. The molecule has 1 saturated heterocycles. The van der Waals surface area contributed by atoms with Crippen LogP contribution in [-0.2, 0) is 14.3 Å². The van der Waals surface area contributed by atoms with Crippen molar-refractivity contribution >= 4 is 11.9 Å². The molecule has 8 nitrogen and oxygen atoms in total. The van der Waals surface area contributed by atoms with Crippen LogP contribution in [0.15, 0.2) is 48.8 Å². The number of carboxylic acid groups (broad SMARTS) is 1. The average Bonchev–Trinajstić information content (AvgIpc) is 3.16. The molecular formula is C19H24N4O4. The fraction of sp³-hybridized carbons (Fsp3) is 0.421. The summed E-state index contributed by atoms with van der Waals surface area (Å²) in [4.78, 5) is 27.6. The summed E-state index contributed by atoms with van der Waals surface area (Å²) in [5, 5.41) is 13.2. The second-order valence-electron chi connectivity index (χ2n) is 6.67. The van der Waals surface area contributed by atoms with E-state index in [2.05, 4.69) is 5.10 Å². The van der Waals surface area contributed by atoms with Crippen molar-refractivity contribution in [2.45, 2.75) is 12.1 Å². The Labute approximate surface area is 157 Å². The van der Waals surface area contributed by atoms with Gasteiger partial charge in [0.2, 0.25) is 0 Å². The van der Waals surface area contributed by atoms with Crippen molar-refractivity contribution in [1.82, 2.24) is 19.6 Å². The van der Waals surface area contributed by atoms with Gasteiger partial charge in [0.25, 0.3) is 5.91 Å². The van der Waals surface area contributed by atoms with Crippen molar-refractivity contribution in [3.63, 3.8) is 0 Å². The molecule has 3 rings (SSSR count). The van der Waals surface area contributed by atoms with Gasteiger partial charge in [-0.1, -0.05) is 30.3 Å². The Morgan fingerprint density at radius 2 is 2.11 bits per heavy atom. The molecule has 1 aromatic carbocycles. The third kappa shape index (κ3) is 4.93. The maximum Gasteiger partial charge on any atom is 0.317 e. The lowest BCUT2D eigenvalue weighted by Crippen LogP contribution is -2.51. The van der Waals surface area contributed by atoms with Gasteiger partial charge >= 0.3 is 5.97 Å². The number of aliphatic carboxylic acids is 1. The lowest BCUT2D eigenvalue weighted by Gasteiger charge is -2.36. The van der Waals surface area contributed by atoms with E-state index < -0.39 is 12.0 Å². The zero-order valence-electron chi connectivity index (χ0n) is 15.3. The number of nitrogens with zero attached hydrogens (tertiary/aromatic N) is 4. The molecule has 27 heavy (non-hydrogen) atoms. The molecular weight excluding hydrogens is 348 g/mol. The number of ether oxygens (including phenoxy) is 1. The average molecular weight is 372 g/mol. The molecule has 0 bridgehead atoms. The van der Waals surface area contributed by atoms with Crippen molar-refractivity contribution in [2.75, 3.05) is 39.8 Å². The van der Waals surface area contributed by atoms with Gasteiger partial charge in [-0.05, 0) is 18.7 Å². The highest BCUT2D eigenvalue weighted by molar-refractivity contribution is 5.83. The Hall–Kier alpha value is -2.71. The molecule has 0 radical (unpaired) electrons. The standard InChI is InChI=1S/C19H24N4O4/c1-21(14-17(24)25)12-16-13-22(10-11-27-16)19(26)18(23-9-5-8-20-23)15-6-3-2-4-7-15/h2-9,16,18H,10-14H2,1H3,(H,24,25). The quantitative estimate of drug-likeness (QED) is 0.770. The highest BCUT2D eigenvalue weighted by atomic mass is 16.5. The second kappa shape index (κ2) is 8.79. The van der Waals surface area contributed by atoms with Gasteiger partial charge in [-0.2, -0.15) is 5.10 Å². The number of hydrogen-bond donors (Lipinski definition) is 1. The highest BCUT2D eigenvalue weighted by Gasteiger charge is 2.32. The number of amides is 1. The van der Waals surface area contributed by atoms with Crippen molar-refractivity contribution in [1.29, 1.82) is 0 Å². The lowest BCUT2D eigenvalue weighted by molar-refractivity contribution is -0.144. The van der Waals surface area contributed by atoms with Crippen LogP contribution in [0.3, 0.4) is 0 Å². The van der Waals surface area contributed by atoms with Crippen LogP contribution in [0, 0.1) is 0 Å². The van der Waals surface area contributed by atoms with Gasteiger partial charge in [0.05, 0.1) is 19.3 Å². The predicted octanol–water partition coefficient (Wildman–Crippen LogP) is 0.716. The SMILES string of the molecule is CN(CC(=O)O)CC1CN(C(=O)C(c2ccccc2)n2cccn2)CCO1. The van der Waals surface area contributed by atoms with E-state index in [1.54, 1.807) is 40.0 Å². The first-order chi connectivity index (χ1) is 13.0. The van der Waals surface area contributed by atoms with Crippen LogP contribution in [0.2, 0.25) is 0 Å². The molecule has 0 aliphatic carbocycles. The second-order valence-corrected chi connectivity index (χ2v) is 6.67. The number of aromatic nitrogens is 2. The van der Waals surface area contributed by atoms with Crippen molar-refractivity contribution in [3.8, 4) is 0 Å². The first-order valence-electron chi connectivity index (χ1n) is 8.89. The number of carboxylic acids is 1. The van der Waals surface area contributed by atoms with Crippen LogP contribution < -0.4 is 0 Å². The Morgan fingerprint density at radius 3 is 2.78 bits per heavy atom. The molecule has 1 aromatic heterocycles. The van der Waals surface area contributed by atoms with E-state index in [0.717, 1.165) is 5.56 Å². The topological polar surface area (TPSA) is 87.9 Å². The Balaban J connectivity index is 1.73. The molecule has 2 aromatic rings. The van der Waals surface area contributed by atoms with Gasteiger partial charge in [-0.25, -0.2) is 0 Å². The van der Waals surface area contributed by atoms with Crippen LogP contribution >= 0.6 is 0 Å². The summed E-state index contributed by atoms with van der Waals surface area (Å²) < 4.78 is 7.40. The monoisotopic (exact) mass is 372 g/mol. The molecule has 0 spiro atoms. The van der Waals surface area contributed by atoms with E-state index in [0.29, 0.717) is 26.2 Å². The van der Waals surface area contributed by atoms with Gasteiger partial charge in [-0.15, -0.1) is 0 Å². The Bertz CT molecular complexity index is 750. The van der Waals surface area contributed by atoms with E-state index in [-0.39, 0.29) is 18.6 Å². The fourth-order valence-electron chi connectivity index (χ4n) is 3.32. The smallest absolute Gasteiger partial charge is 0.317 e. The summed E-state index contributed by atoms with van der Waals surface area (Å²) in [6.07, 6.45) is 3.22. The largest absolute Gasteiger partial charge is 0.480 e. The summed E-state index contributed by atoms with van der Waals surface area (Å²) >= 11 is 0. The maximum absolute atomic E-state index is 13.3. The first-order valence-corrected chi connectivity index (χ1v) is 8.89. The fourth-order valence-corrected chi connectivity index (χ4v) is 3.32. The third-order valence-electron chi connectivity index (χ3n) is 4.51. The van der Waals surface area contributed by atoms with Crippen LogP contribution in [0.4, 0.5) is 0 Å². The molecule has 2 atom stereocenters. The molecule has 8 heteroatoms. The van der Waals surface area contributed by atoms with Crippen LogP contribution in [0.5, 0.6) is 0 Å². The zero-order chi connectivity index (χ0) is 19.2. The zero-order valence-corrected chi connectivity index (χ0v) is 15.3. The van der Waals surface area contributed by atoms with Gasteiger partial charge < -0.3 is 14.7 Å². The van der Waals surface area contributed by atoms with Crippen molar-refractivity contribution in [2.24, 2.45) is 0 Å². The van der Waals surface area contributed by atoms with Crippen LogP contribution in [0.1, 0.15) is 11.6 Å². The predicted molar refractivity (Wildman–Crippen MR) is 98.3 cm³/mol. The number of rotatable bonds is 7. The van der Waals surface area contributed by atoms with Gasteiger partial charge in [0, 0.05) is 32.0 Å². The molecule has 144 valence electrons. The minimum Gasteiger partial charge on any atom is -0.480 e. The molecule has 1 fully saturated rings. The summed E-state index contributed by atoms with van der Waals surface area (Å²) in [7, 11) is 1.73. The summed E-state index contributed by atoms with van der Waals surface area (Å²) in [6.45, 7) is 1.75. The van der Waals surface area contributed by atoms with Crippen LogP contribution in [-0.4, -0.2) is 82.5 Å². The van der Waals surface area contributed by atoms with Gasteiger partial charge in [0.15, 0.2) is 6.04 Å². The maximum atomic E-state index is 13.3. The van der Waals surface area contributed by atoms with Crippen molar-refractivity contribution in [3.05, 3.63) is 54.4 Å². The molecule has 1 aliphatic rings. The number of carbonyl (C=O) groups is 2. The number of hydrogen-bond acceptors (Lipinski definition) is 5. The number of likely N-dealkylation sites (N-methyl/N-ethyl adjacent to an activating group) is 1. The van der Waals surface area contributed by atoms with E-state index in [1.807, 2.05) is 30.3 Å². The molecule has 2 heterocycles. The summed E-state index contributed by atoms with van der Waals surface area (Å²) in [6, 6.07) is 10.8. The number of carbonyl (C=O) groups excluding carboxylic acids is 1. The summed E-state index contributed by atoms with van der Waals surface area (Å²) in [5.74, 6) is -0.928. The molecule has 1 amide bonds. The Kier molecular flexibility index (Phi) is 6.20. The minimum atomic E-state index is -0.885. The van der Waals surface area contributed by atoms with E-state index in [4.69, 9.17) is 9.84 Å². The number of morpholine rings is 1. The van der Waals surface area contributed by atoms with Gasteiger partial charge in [0.1, 0.15) is 0 Å². The highest BCUT2D eigenvalue weighted by Crippen LogP contribution is 2.21. The van der Waals surface area contributed by atoms with E-state index >= 15 is 0 Å². The van der Waals surface area contributed by atoms with Crippen molar-refractivity contribution < 1.29 is 19.4 Å². The normalized spacial score (nSPS) is 18.4. The molecule has 0 saturated carbocycles. The van der Waals surface area contributed by atoms with E-state index in [9.17, 15) is 9.59 Å². The first kappa shape index (κ1) is 19.1. The number of benzene rings is 1. The van der Waals surface area contributed by atoms with Gasteiger partial charge in [-0.3, -0.25) is 19.2 Å². The van der Waals surface area contributed by atoms with Crippen LogP contribution in [0.25, 0.3) is 0 Å². The summed E-state index contributed by atoms with van der Waals surface area (Å²) in [5.41, 5.74) is 0.872.